The number of carbonyl (C=O) groups is 1. The zero-order valence-corrected chi connectivity index (χ0v) is 8.73. The highest BCUT2D eigenvalue weighted by Crippen LogP contribution is 2.22. The Balaban J connectivity index is 3.36. The zero-order valence-electron chi connectivity index (χ0n) is 8.73. The minimum atomic E-state index is -1.27. The zero-order chi connectivity index (χ0) is 12.5. The lowest BCUT2D eigenvalue weighted by Gasteiger charge is -2.07. The molecule has 0 bridgehead atoms. The van der Waals surface area contributed by atoms with Crippen molar-refractivity contribution in [2.24, 2.45) is 0 Å². The van der Waals surface area contributed by atoms with E-state index in [1.165, 1.54) is 13.8 Å². The lowest BCUT2D eigenvalue weighted by Crippen LogP contribution is -2.17. The maximum atomic E-state index is 13.1. The molecule has 1 N–H and O–H groups in total. The highest BCUT2D eigenvalue weighted by Gasteiger charge is 2.22. The van der Waals surface area contributed by atoms with Gasteiger partial charge in [0.2, 0.25) is 5.82 Å². The second-order valence-electron chi connectivity index (χ2n) is 3.42. The topological polar surface area (TPSA) is 80.4 Å². The van der Waals surface area contributed by atoms with Gasteiger partial charge in [-0.1, -0.05) is 0 Å². The van der Waals surface area contributed by atoms with Crippen LogP contribution in [-0.2, 0) is 0 Å². The minimum absolute atomic E-state index is 0.0388. The van der Waals surface area contributed by atoms with Crippen LogP contribution >= 0.6 is 0 Å². The molecule has 0 aliphatic heterocycles. The number of hydrogen-bond donors (Lipinski definition) is 1. The van der Waals surface area contributed by atoms with E-state index in [0.717, 1.165) is 12.1 Å². The van der Waals surface area contributed by atoms with Crippen LogP contribution in [0.5, 0.6) is 0 Å². The maximum Gasteiger partial charge on any atom is 0.305 e. The molecule has 0 saturated carbocycles. The number of nitrogens with zero attached hydrogens (tertiary/aromatic N) is 1. The number of aryl methyl sites for hydroxylation is 1. The first kappa shape index (κ1) is 12.3. The number of carbonyl (C=O) groups excluding carboxylic acids is 1. The number of aliphatic hydroxyl groups is 1. The minimum Gasteiger partial charge on any atom is -0.385 e. The van der Waals surface area contributed by atoms with Gasteiger partial charge in [-0.15, -0.1) is 0 Å². The third-order valence-corrected chi connectivity index (χ3v) is 2.14. The van der Waals surface area contributed by atoms with E-state index in [1.54, 1.807) is 0 Å². The number of aliphatic hydroxyl groups excluding tert-OH is 1. The van der Waals surface area contributed by atoms with Gasteiger partial charge in [0.1, 0.15) is 6.10 Å². The quantitative estimate of drug-likeness (QED) is 0.483. The van der Waals surface area contributed by atoms with Gasteiger partial charge in [0.05, 0.1) is 4.92 Å². The molecular weight excluding hydrogens is 217 g/mol. The molecule has 5 nitrogen and oxygen atoms in total. The third kappa shape index (κ3) is 2.22. The summed E-state index contributed by atoms with van der Waals surface area (Å²) in [6.45, 7) is 2.69. The van der Waals surface area contributed by atoms with Crippen LogP contribution in [0.1, 0.15) is 22.8 Å². The number of Topliss-reactive ketones (excluding diaryl/α,β-unsaturated/α-hetero) is 1. The Labute approximate surface area is 90.7 Å². The number of hydrogen-bond acceptors (Lipinski definition) is 4. The first-order chi connectivity index (χ1) is 7.34. The average Bonchev–Trinajstić information content (AvgIpc) is 2.16. The number of nitro benzene ring substituents is 1. The molecule has 0 spiro atoms. The van der Waals surface area contributed by atoms with E-state index in [1.807, 2.05) is 0 Å². The molecule has 0 aliphatic rings. The summed E-state index contributed by atoms with van der Waals surface area (Å²) in [5.74, 6) is -1.66. The molecule has 86 valence electrons. The summed E-state index contributed by atoms with van der Waals surface area (Å²) in [6, 6.07) is 1.76. The fraction of sp³-hybridized carbons (Fsp3) is 0.300. The van der Waals surface area contributed by atoms with Crippen molar-refractivity contribution < 1.29 is 19.2 Å². The van der Waals surface area contributed by atoms with Gasteiger partial charge in [-0.05, 0) is 25.5 Å². The molecule has 1 aromatic carbocycles. The van der Waals surface area contributed by atoms with E-state index >= 15 is 0 Å². The lowest BCUT2D eigenvalue weighted by atomic mass is 10.0. The van der Waals surface area contributed by atoms with Crippen molar-refractivity contribution in [1.82, 2.24) is 0 Å². The second-order valence-corrected chi connectivity index (χ2v) is 3.42. The summed E-state index contributed by atoms with van der Waals surface area (Å²) < 4.78 is 13.1. The van der Waals surface area contributed by atoms with Gasteiger partial charge in [-0.2, -0.15) is 4.39 Å². The fourth-order valence-corrected chi connectivity index (χ4v) is 1.29. The van der Waals surface area contributed by atoms with Gasteiger partial charge in [0.25, 0.3) is 0 Å². The Morgan fingerprint density at radius 1 is 1.56 bits per heavy atom. The first-order valence-corrected chi connectivity index (χ1v) is 4.51. The van der Waals surface area contributed by atoms with Crippen LogP contribution in [-0.4, -0.2) is 21.9 Å². The van der Waals surface area contributed by atoms with Crippen molar-refractivity contribution in [3.63, 3.8) is 0 Å². The Morgan fingerprint density at radius 3 is 2.56 bits per heavy atom. The van der Waals surface area contributed by atoms with E-state index in [9.17, 15) is 19.3 Å². The summed E-state index contributed by atoms with van der Waals surface area (Å²) in [5.41, 5.74) is -0.549. The Hall–Kier alpha value is -1.82. The van der Waals surface area contributed by atoms with Crippen LogP contribution in [0, 0.1) is 22.9 Å². The number of ketones is 1. The summed E-state index contributed by atoms with van der Waals surface area (Å²) in [4.78, 5) is 21.0. The highest BCUT2D eigenvalue weighted by molar-refractivity contribution is 6.00. The van der Waals surface area contributed by atoms with Gasteiger partial charge in [-0.3, -0.25) is 14.9 Å². The molecule has 1 rings (SSSR count). The van der Waals surface area contributed by atoms with E-state index in [4.69, 9.17) is 5.11 Å². The third-order valence-electron chi connectivity index (χ3n) is 2.14. The fourth-order valence-electron chi connectivity index (χ4n) is 1.29. The van der Waals surface area contributed by atoms with Crippen molar-refractivity contribution in [2.75, 3.05) is 0 Å². The van der Waals surface area contributed by atoms with Crippen LogP contribution in [0.3, 0.4) is 0 Å². The maximum absolute atomic E-state index is 13.1. The predicted octanol–water partition coefficient (Wildman–Crippen LogP) is 1.61. The average molecular weight is 227 g/mol. The predicted molar refractivity (Wildman–Crippen MR) is 53.8 cm³/mol. The standard InChI is InChI=1S/C10H10FNO4/c1-5-3-8(11)9(12(15)16)4-7(5)10(14)6(2)13/h3-4,6,13H,1-2H3. The number of halogens is 1. The van der Waals surface area contributed by atoms with Crippen LogP contribution in [0.2, 0.25) is 0 Å². The van der Waals surface area contributed by atoms with Crippen molar-refractivity contribution in [3.8, 4) is 0 Å². The van der Waals surface area contributed by atoms with Gasteiger partial charge in [0.15, 0.2) is 5.78 Å². The molecule has 0 aliphatic carbocycles. The lowest BCUT2D eigenvalue weighted by molar-refractivity contribution is -0.387. The van der Waals surface area contributed by atoms with Crippen molar-refractivity contribution in [3.05, 3.63) is 39.2 Å². The van der Waals surface area contributed by atoms with Gasteiger partial charge in [-0.25, -0.2) is 0 Å². The molecule has 1 aromatic rings. The number of rotatable bonds is 3. The Bertz CT molecular complexity index is 456. The monoisotopic (exact) mass is 227 g/mol. The van der Waals surface area contributed by atoms with Crippen molar-refractivity contribution in [2.45, 2.75) is 20.0 Å². The molecule has 0 radical (unpaired) electrons. The molecule has 0 saturated heterocycles. The van der Waals surface area contributed by atoms with Crippen LogP contribution in [0.15, 0.2) is 12.1 Å². The SMILES string of the molecule is Cc1cc(F)c([N+](=O)[O-])cc1C(=O)C(C)O. The summed E-state index contributed by atoms with van der Waals surface area (Å²) in [6.07, 6.45) is -1.27. The van der Waals surface area contributed by atoms with E-state index in [2.05, 4.69) is 0 Å². The second kappa shape index (κ2) is 4.36. The molecule has 1 unspecified atom stereocenters. The number of nitro groups is 1. The van der Waals surface area contributed by atoms with Crippen molar-refractivity contribution in [1.29, 1.82) is 0 Å². The van der Waals surface area contributed by atoms with Crippen LogP contribution in [0.25, 0.3) is 0 Å². The largest absolute Gasteiger partial charge is 0.385 e. The number of benzene rings is 1. The summed E-state index contributed by atoms with van der Waals surface area (Å²) in [7, 11) is 0. The molecule has 0 fully saturated rings. The smallest absolute Gasteiger partial charge is 0.305 e. The Kier molecular flexibility index (Phi) is 3.34. The molecule has 16 heavy (non-hydrogen) atoms. The van der Waals surface area contributed by atoms with Gasteiger partial charge < -0.3 is 5.11 Å². The van der Waals surface area contributed by atoms with E-state index < -0.39 is 28.3 Å². The molecule has 0 aromatic heterocycles. The first-order valence-electron chi connectivity index (χ1n) is 4.51. The van der Waals surface area contributed by atoms with E-state index in [-0.39, 0.29) is 11.1 Å². The van der Waals surface area contributed by atoms with Crippen LogP contribution in [0.4, 0.5) is 10.1 Å². The van der Waals surface area contributed by atoms with Crippen LogP contribution < -0.4 is 0 Å². The highest BCUT2D eigenvalue weighted by atomic mass is 19.1. The molecule has 6 heteroatoms. The molecule has 0 heterocycles. The normalized spacial score (nSPS) is 12.2. The van der Waals surface area contributed by atoms with Gasteiger partial charge >= 0.3 is 5.69 Å². The molecular formula is C10H10FNO4. The summed E-state index contributed by atoms with van der Waals surface area (Å²) in [5, 5.41) is 19.6. The summed E-state index contributed by atoms with van der Waals surface area (Å²) >= 11 is 0. The molecule has 0 amide bonds. The van der Waals surface area contributed by atoms with Crippen molar-refractivity contribution >= 4 is 11.5 Å². The van der Waals surface area contributed by atoms with Gasteiger partial charge in [0, 0.05) is 11.6 Å². The Morgan fingerprint density at radius 2 is 2.12 bits per heavy atom. The van der Waals surface area contributed by atoms with E-state index in [0.29, 0.717) is 0 Å². The molecule has 1 atom stereocenters.